The highest BCUT2D eigenvalue weighted by atomic mass is 79.9. The lowest BCUT2D eigenvalue weighted by Gasteiger charge is -2.23. The summed E-state index contributed by atoms with van der Waals surface area (Å²) in [6, 6.07) is 4.45. The van der Waals surface area contributed by atoms with Crippen molar-refractivity contribution in [1.29, 1.82) is 0 Å². The van der Waals surface area contributed by atoms with Crippen LogP contribution in [0, 0.1) is 5.82 Å². The molecule has 1 aromatic rings. The van der Waals surface area contributed by atoms with Gasteiger partial charge in [0.25, 0.3) is 5.91 Å². The fraction of sp³-hybridized carbons (Fsp3) is 0.417. The Kier molecular flexibility index (Phi) is 3.79. The van der Waals surface area contributed by atoms with E-state index >= 15 is 0 Å². The number of nitrogens with zero attached hydrogens (tertiary/aromatic N) is 1. The van der Waals surface area contributed by atoms with E-state index in [0.29, 0.717) is 10.0 Å². The summed E-state index contributed by atoms with van der Waals surface area (Å²) in [6.45, 7) is 1.73. The highest BCUT2D eigenvalue weighted by Crippen LogP contribution is 2.18. The van der Waals surface area contributed by atoms with Crippen molar-refractivity contribution in [3.05, 3.63) is 34.1 Å². The summed E-state index contributed by atoms with van der Waals surface area (Å²) < 4.78 is 13.8. The molecule has 5 heteroatoms. The van der Waals surface area contributed by atoms with Crippen LogP contribution in [-0.4, -0.2) is 37.0 Å². The molecule has 0 spiro atoms. The molecule has 2 rings (SSSR count). The van der Waals surface area contributed by atoms with Crippen LogP contribution in [0.3, 0.4) is 0 Å². The highest BCUT2D eigenvalue weighted by molar-refractivity contribution is 9.10. The molecule has 1 fully saturated rings. The normalized spacial score (nSPS) is 19.4. The van der Waals surface area contributed by atoms with Crippen molar-refractivity contribution >= 4 is 21.8 Å². The van der Waals surface area contributed by atoms with E-state index in [4.69, 9.17) is 0 Å². The number of halogens is 2. The van der Waals surface area contributed by atoms with E-state index in [1.54, 1.807) is 18.0 Å². The van der Waals surface area contributed by atoms with Crippen LogP contribution in [0.15, 0.2) is 22.7 Å². The van der Waals surface area contributed by atoms with Crippen molar-refractivity contribution in [2.24, 2.45) is 0 Å². The molecular formula is C12H14BrFN2O. The lowest BCUT2D eigenvalue weighted by Crippen LogP contribution is -2.38. The van der Waals surface area contributed by atoms with Crippen molar-refractivity contribution in [2.75, 3.05) is 20.1 Å². The highest BCUT2D eigenvalue weighted by Gasteiger charge is 2.24. The van der Waals surface area contributed by atoms with Gasteiger partial charge in [0, 0.05) is 29.7 Å². The Bertz CT molecular complexity index is 412. The number of amides is 1. The predicted octanol–water partition coefficient (Wildman–Crippen LogP) is 2.02. The van der Waals surface area contributed by atoms with Crippen molar-refractivity contribution in [3.8, 4) is 0 Å². The smallest absolute Gasteiger partial charge is 0.254 e. The van der Waals surface area contributed by atoms with Crippen LogP contribution in [0.2, 0.25) is 0 Å². The van der Waals surface area contributed by atoms with Gasteiger partial charge < -0.3 is 10.2 Å². The van der Waals surface area contributed by atoms with Crippen LogP contribution in [0.5, 0.6) is 0 Å². The number of carbonyl (C=O) groups excluding carboxylic acids is 1. The lowest BCUT2D eigenvalue weighted by molar-refractivity contribution is 0.0743. The number of hydrogen-bond donors (Lipinski definition) is 1. The number of rotatable bonds is 2. The van der Waals surface area contributed by atoms with Crippen LogP contribution in [0.25, 0.3) is 0 Å². The molecule has 1 heterocycles. The van der Waals surface area contributed by atoms with Crippen molar-refractivity contribution < 1.29 is 9.18 Å². The van der Waals surface area contributed by atoms with Crippen molar-refractivity contribution in [1.82, 2.24) is 10.2 Å². The largest absolute Gasteiger partial charge is 0.337 e. The Balaban J connectivity index is 2.17. The molecule has 1 aliphatic heterocycles. The van der Waals surface area contributed by atoms with Gasteiger partial charge in [0.2, 0.25) is 0 Å². The molecule has 1 unspecified atom stereocenters. The predicted molar refractivity (Wildman–Crippen MR) is 67.5 cm³/mol. The van der Waals surface area contributed by atoms with Gasteiger partial charge in [0.1, 0.15) is 5.82 Å². The van der Waals surface area contributed by atoms with Gasteiger partial charge in [-0.25, -0.2) is 4.39 Å². The molecule has 1 aromatic carbocycles. The van der Waals surface area contributed by atoms with Crippen LogP contribution in [0.1, 0.15) is 16.8 Å². The summed E-state index contributed by atoms with van der Waals surface area (Å²) in [6.07, 6.45) is 0.943. The van der Waals surface area contributed by atoms with Gasteiger partial charge >= 0.3 is 0 Å². The molecule has 3 nitrogen and oxygen atoms in total. The second-order valence-electron chi connectivity index (χ2n) is 4.22. The zero-order chi connectivity index (χ0) is 12.4. The number of carbonyl (C=O) groups is 1. The zero-order valence-electron chi connectivity index (χ0n) is 9.54. The maximum atomic E-state index is 13.2. The molecule has 0 aromatic heterocycles. The van der Waals surface area contributed by atoms with Crippen LogP contribution >= 0.6 is 15.9 Å². The van der Waals surface area contributed by atoms with Crippen molar-refractivity contribution in [2.45, 2.75) is 12.5 Å². The monoisotopic (exact) mass is 300 g/mol. The first-order valence-electron chi connectivity index (χ1n) is 5.52. The Morgan fingerprint density at radius 2 is 2.29 bits per heavy atom. The first-order chi connectivity index (χ1) is 8.08. The summed E-state index contributed by atoms with van der Waals surface area (Å²) in [7, 11) is 1.76. The quantitative estimate of drug-likeness (QED) is 0.906. The van der Waals surface area contributed by atoms with Gasteiger partial charge in [-0.3, -0.25) is 4.79 Å². The van der Waals surface area contributed by atoms with E-state index in [1.165, 1.54) is 12.1 Å². The second-order valence-corrected chi connectivity index (χ2v) is 5.14. The maximum absolute atomic E-state index is 13.2. The van der Waals surface area contributed by atoms with Crippen LogP contribution in [0.4, 0.5) is 4.39 Å². The molecule has 1 aliphatic rings. The summed E-state index contributed by atoms with van der Waals surface area (Å²) in [5, 5.41) is 3.21. The summed E-state index contributed by atoms with van der Waals surface area (Å²) in [4.78, 5) is 13.8. The van der Waals surface area contributed by atoms with Crippen LogP contribution < -0.4 is 5.32 Å². The van der Waals surface area contributed by atoms with E-state index in [1.807, 2.05) is 0 Å². The maximum Gasteiger partial charge on any atom is 0.254 e. The minimum absolute atomic E-state index is 0.140. The molecule has 1 atom stereocenters. The van der Waals surface area contributed by atoms with Gasteiger partial charge in [-0.2, -0.15) is 0 Å². The summed E-state index contributed by atoms with van der Waals surface area (Å²) >= 11 is 3.19. The van der Waals surface area contributed by atoms with E-state index in [-0.39, 0.29) is 11.9 Å². The van der Waals surface area contributed by atoms with E-state index in [0.717, 1.165) is 19.5 Å². The molecule has 1 N–H and O–H groups in total. The SMILES string of the molecule is CN(C(=O)c1cc(F)cc(Br)c1)C1CCNC1. The third kappa shape index (κ3) is 2.84. The Morgan fingerprint density at radius 1 is 1.53 bits per heavy atom. The van der Waals surface area contributed by atoms with Gasteiger partial charge in [0.05, 0.1) is 0 Å². The summed E-state index contributed by atoms with van der Waals surface area (Å²) in [5.74, 6) is -0.542. The number of nitrogens with one attached hydrogen (secondary N) is 1. The number of hydrogen-bond acceptors (Lipinski definition) is 2. The van der Waals surface area contributed by atoms with Crippen molar-refractivity contribution in [3.63, 3.8) is 0 Å². The molecule has 0 radical (unpaired) electrons. The van der Waals surface area contributed by atoms with Gasteiger partial charge in [0.15, 0.2) is 0 Å². The molecule has 17 heavy (non-hydrogen) atoms. The molecular weight excluding hydrogens is 287 g/mol. The summed E-state index contributed by atoms with van der Waals surface area (Å²) in [5.41, 5.74) is 0.381. The lowest BCUT2D eigenvalue weighted by atomic mass is 10.1. The molecule has 0 bridgehead atoms. The fourth-order valence-electron chi connectivity index (χ4n) is 2.02. The fourth-order valence-corrected chi connectivity index (χ4v) is 2.48. The Labute approximate surface area is 108 Å². The van der Waals surface area contributed by atoms with Gasteiger partial charge in [-0.05, 0) is 31.2 Å². The number of benzene rings is 1. The molecule has 0 saturated carbocycles. The molecule has 0 aliphatic carbocycles. The first kappa shape index (κ1) is 12.5. The second kappa shape index (κ2) is 5.14. The van der Waals surface area contributed by atoms with E-state index in [9.17, 15) is 9.18 Å². The minimum Gasteiger partial charge on any atom is -0.337 e. The van der Waals surface area contributed by atoms with Crippen LogP contribution in [-0.2, 0) is 0 Å². The topological polar surface area (TPSA) is 32.3 Å². The molecule has 1 amide bonds. The van der Waals surface area contributed by atoms with E-state index in [2.05, 4.69) is 21.2 Å². The van der Waals surface area contributed by atoms with Gasteiger partial charge in [-0.15, -0.1) is 0 Å². The molecule has 92 valence electrons. The standard InChI is InChI=1S/C12H14BrFN2O/c1-16(11-2-3-15-7-11)12(17)8-4-9(13)6-10(14)5-8/h4-6,11,15H,2-3,7H2,1H3. The number of likely N-dealkylation sites (N-methyl/N-ethyl adjacent to an activating group) is 1. The first-order valence-corrected chi connectivity index (χ1v) is 6.31. The molecule has 1 saturated heterocycles. The average Bonchev–Trinajstić information content (AvgIpc) is 2.79. The zero-order valence-corrected chi connectivity index (χ0v) is 11.1. The van der Waals surface area contributed by atoms with Gasteiger partial charge in [-0.1, -0.05) is 15.9 Å². The third-order valence-corrected chi connectivity index (χ3v) is 3.47. The van der Waals surface area contributed by atoms with E-state index < -0.39 is 5.82 Å². The minimum atomic E-state index is -0.402. The third-order valence-electron chi connectivity index (χ3n) is 3.01. The Morgan fingerprint density at radius 3 is 2.88 bits per heavy atom. The Hall–Kier alpha value is -0.940. The average molecular weight is 301 g/mol.